The highest BCUT2D eigenvalue weighted by Crippen LogP contribution is 2.22. The third-order valence-corrected chi connectivity index (χ3v) is 4.21. The third kappa shape index (κ3) is 3.03. The van der Waals surface area contributed by atoms with Crippen LogP contribution in [0.4, 0.5) is 0 Å². The fraction of sp³-hybridized carbons (Fsp3) is 0.133. The fourth-order valence-electron chi connectivity index (χ4n) is 1.96. The monoisotopic (exact) mass is 334 g/mol. The first-order valence-electron chi connectivity index (χ1n) is 6.44. The molecule has 0 atom stereocenters. The third-order valence-electron chi connectivity index (χ3n) is 3.00. The van der Waals surface area contributed by atoms with Gasteiger partial charge in [0.05, 0.1) is 10.0 Å². The lowest BCUT2D eigenvalue weighted by atomic mass is 10.3. The molecule has 3 aromatic heterocycles. The molecule has 0 N–H and O–H groups in total. The molecule has 7 heteroatoms. The standard InChI is InChI=1S/C15H11ClN2O3S/c1-9-4-5-18-13(6-9)17-10(7-14(18)19)8-21-15(20)11-2-3-12(16)22-11/h2-7H,8H2,1H3. The number of nitrogens with zero attached hydrogens (tertiary/aromatic N) is 2. The lowest BCUT2D eigenvalue weighted by Gasteiger charge is -2.05. The molecule has 0 radical (unpaired) electrons. The SMILES string of the molecule is Cc1ccn2c(=O)cc(COC(=O)c3ccc(Cl)s3)nc2c1. The minimum atomic E-state index is -0.483. The Morgan fingerprint density at radius 2 is 2.18 bits per heavy atom. The molecule has 0 aliphatic carbocycles. The predicted molar refractivity (Wildman–Crippen MR) is 84.6 cm³/mol. The van der Waals surface area contributed by atoms with Gasteiger partial charge < -0.3 is 4.74 Å². The summed E-state index contributed by atoms with van der Waals surface area (Å²) in [6.07, 6.45) is 1.67. The Labute approximate surface area is 134 Å². The quantitative estimate of drug-likeness (QED) is 0.691. The molecular weight excluding hydrogens is 324 g/mol. The van der Waals surface area contributed by atoms with Crippen molar-refractivity contribution in [3.63, 3.8) is 0 Å². The van der Waals surface area contributed by atoms with Crippen LogP contribution in [0.5, 0.6) is 0 Å². The minimum Gasteiger partial charge on any atom is -0.455 e. The first kappa shape index (κ1) is 14.7. The van der Waals surface area contributed by atoms with E-state index in [0.717, 1.165) is 16.9 Å². The van der Waals surface area contributed by atoms with Crippen molar-refractivity contribution in [1.82, 2.24) is 9.38 Å². The van der Waals surface area contributed by atoms with E-state index in [-0.39, 0.29) is 12.2 Å². The maximum absolute atomic E-state index is 12.0. The number of pyridine rings is 1. The van der Waals surface area contributed by atoms with Crippen molar-refractivity contribution in [3.8, 4) is 0 Å². The van der Waals surface area contributed by atoms with Crippen LogP contribution < -0.4 is 5.56 Å². The first-order valence-corrected chi connectivity index (χ1v) is 7.64. The Hall–Kier alpha value is -2.18. The smallest absolute Gasteiger partial charge is 0.348 e. The molecule has 3 aromatic rings. The zero-order valence-corrected chi connectivity index (χ0v) is 13.1. The average Bonchev–Trinajstić information content (AvgIpc) is 2.91. The van der Waals surface area contributed by atoms with E-state index in [0.29, 0.717) is 20.6 Å². The highest BCUT2D eigenvalue weighted by Gasteiger charge is 2.11. The molecule has 0 unspecified atom stereocenters. The van der Waals surface area contributed by atoms with Crippen molar-refractivity contribution in [2.45, 2.75) is 13.5 Å². The summed E-state index contributed by atoms with van der Waals surface area (Å²) >= 11 is 6.92. The summed E-state index contributed by atoms with van der Waals surface area (Å²) in [5.41, 5.74) is 1.72. The van der Waals surface area contributed by atoms with E-state index >= 15 is 0 Å². The molecule has 112 valence electrons. The van der Waals surface area contributed by atoms with Crippen LogP contribution in [0.3, 0.4) is 0 Å². The average molecular weight is 335 g/mol. The molecule has 0 amide bonds. The van der Waals surface area contributed by atoms with Gasteiger partial charge in [-0.2, -0.15) is 0 Å². The summed E-state index contributed by atoms with van der Waals surface area (Å²) in [6, 6.07) is 8.22. The number of aryl methyl sites for hydroxylation is 1. The van der Waals surface area contributed by atoms with Gasteiger partial charge in [0.2, 0.25) is 0 Å². The summed E-state index contributed by atoms with van der Waals surface area (Å²) < 4.78 is 7.12. The fourth-order valence-corrected chi connectivity index (χ4v) is 2.90. The first-order chi connectivity index (χ1) is 10.5. The highest BCUT2D eigenvalue weighted by molar-refractivity contribution is 7.17. The van der Waals surface area contributed by atoms with Gasteiger partial charge in [0.15, 0.2) is 0 Å². The van der Waals surface area contributed by atoms with Crippen LogP contribution in [0.2, 0.25) is 4.34 Å². The molecule has 0 spiro atoms. The van der Waals surface area contributed by atoms with Crippen molar-refractivity contribution in [2.24, 2.45) is 0 Å². The molecule has 0 aliphatic rings. The topological polar surface area (TPSA) is 60.7 Å². The van der Waals surface area contributed by atoms with Crippen LogP contribution in [0, 0.1) is 6.92 Å². The van der Waals surface area contributed by atoms with Crippen LogP contribution in [0.25, 0.3) is 5.65 Å². The number of hydrogen-bond donors (Lipinski definition) is 0. The molecule has 0 saturated heterocycles. The van der Waals surface area contributed by atoms with Gasteiger partial charge in [-0.3, -0.25) is 9.20 Å². The van der Waals surface area contributed by atoms with E-state index in [1.807, 2.05) is 13.0 Å². The zero-order chi connectivity index (χ0) is 15.7. The lowest BCUT2D eigenvalue weighted by molar-refractivity contribution is 0.0473. The molecule has 0 saturated carbocycles. The second-order valence-corrected chi connectivity index (χ2v) is 6.41. The number of hydrogen-bond acceptors (Lipinski definition) is 5. The number of carbonyl (C=O) groups is 1. The molecule has 22 heavy (non-hydrogen) atoms. The van der Waals surface area contributed by atoms with Gasteiger partial charge in [-0.05, 0) is 36.8 Å². The molecule has 3 heterocycles. The summed E-state index contributed by atoms with van der Waals surface area (Å²) in [6.45, 7) is 1.85. The van der Waals surface area contributed by atoms with Gasteiger partial charge in [-0.15, -0.1) is 11.3 Å². The number of thiophene rings is 1. The minimum absolute atomic E-state index is 0.0615. The number of aromatic nitrogens is 2. The Balaban J connectivity index is 1.82. The zero-order valence-electron chi connectivity index (χ0n) is 11.6. The number of fused-ring (bicyclic) bond motifs is 1. The van der Waals surface area contributed by atoms with Crippen molar-refractivity contribution >= 4 is 34.6 Å². The Kier molecular flexibility index (Phi) is 3.96. The number of rotatable bonds is 3. The van der Waals surface area contributed by atoms with E-state index in [4.69, 9.17) is 16.3 Å². The van der Waals surface area contributed by atoms with E-state index < -0.39 is 5.97 Å². The summed E-state index contributed by atoms with van der Waals surface area (Å²) in [5, 5.41) is 0. The second kappa shape index (κ2) is 5.90. The molecular formula is C15H11ClN2O3S. The number of halogens is 1. The summed E-state index contributed by atoms with van der Waals surface area (Å²) in [7, 11) is 0. The molecule has 0 aromatic carbocycles. The largest absolute Gasteiger partial charge is 0.455 e. The maximum Gasteiger partial charge on any atom is 0.348 e. The Morgan fingerprint density at radius 3 is 2.91 bits per heavy atom. The molecule has 5 nitrogen and oxygen atoms in total. The van der Waals surface area contributed by atoms with Gasteiger partial charge in [-0.1, -0.05) is 11.6 Å². The summed E-state index contributed by atoms with van der Waals surface area (Å²) in [5.74, 6) is -0.483. The van der Waals surface area contributed by atoms with E-state index in [1.54, 1.807) is 24.4 Å². The predicted octanol–water partition coefficient (Wildman–Crippen LogP) is 3.07. The highest BCUT2D eigenvalue weighted by atomic mass is 35.5. The Bertz CT molecular complexity index is 917. The van der Waals surface area contributed by atoms with Gasteiger partial charge in [-0.25, -0.2) is 9.78 Å². The molecule has 0 fully saturated rings. The maximum atomic E-state index is 12.0. The van der Waals surface area contributed by atoms with Gasteiger partial charge in [0.1, 0.15) is 17.1 Å². The summed E-state index contributed by atoms with van der Waals surface area (Å²) in [4.78, 5) is 28.6. The molecule has 3 rings (SSSR count). The number of esters is 1. The van der Waals surface area contributed by atoms with Crippen molar-refractivity contribution in [3.05, 3.63) is 67.4 Å². The van der Waals surface area contributed by atoms with Crippen LogP contribution in [-0.4, -0.2) is 15.4 Å². The lowest BCUT2D eigenvalue weighted by Crippen LogP contribution is -2.16. The van der Waals surface area contributed by atoms with Gasteiger partial charge >= 0.3 is 5.97 Å². The van der Waals surface area contributed by atoms with E-state index in [1.165, 1.54) is 10.5 Å². The van der Waals surface area contributed by atoms with Crippen LogP contribution >= 0.6 is 22.9 Å². The molecule has 0 aliphatic heterocycles. The van der Waals surface area contributed by atoms with Crippen LogP contribution in [-0.2, 0) is 11.3 Å². The normalized spacial score (nSPS) is 10.8. The number of ether oxygens (including phenoxy) is 1. The second-order valence-electron chi connectivity index (χ2n) is 4.70. The molecule has 0 bridgehead atoms. The van der Waals surface area contributed by atoms with Gasteiger partial charge in [0.25, 0.3) is 5.56 Å². The van der Waals surface area contributed by atoms with Crippen molar-refractivity contribution < 1.29 is 9.53 Å². The van der Waals surface area contributed by atoms with E-state index in [2.05, 4.69) is 4.98 Å². The van der Waals surface area contributed by atoms with Crippen molar-refractivity contribution in [1.29, 1.82) is 0 Å². The van der Waals surface area contributed by atoms with Crippen LogP contribution in [0.15, 0.2) is 41.3 Å². The Morgan fingerprint density at radius 1 is 1.36 bits per heavy atom. The van der Waals surface area contributed by atoms with Crippen LogP contribution in [0.1, 0.15) is 20.9 Å². The van der Waals surface area contributed by atoms with Gasteiger partial charge in [0, 0.05) is 12.3 Å². The number of carbonyl (C=O) groups excluding carboxylic acids is 1. The van der Waals surface area contributed by atoms with E-state index in [9.17, 15) is 9.59 Å². The van der Waals surface area contributed by atoms with Crippen molar-refractivity contribution in [2.75, 3.05) is 0 Å².